The Balaban J connectivity index is 1.88. The molecule has 30 heavy (non-hydrogen) atoms. The Bertz CT molecular complexity index is 1030. The van der Waals surface area contributed by atoms with Gasteiger partial charge in [-0.05, 0) is 49.1 Å². The first kappa shape index (κ1) is 20.0. The summed E-state index contributed by atoms with van der Waals surface area (Å²) in [6.45, 7) is 3.03. The Morgan fingerprint density at radius 1 is 1.23 bits per heavy atom. The molecule has 2 aliphatic heterocycles. The lowest BCUT2D eigenvalue weighted by atomic mass is 9.93. The molecule has 0 bridgehead atoms. The number of Topliss-reactive ketones (excluding diaryl/α,β-unsaturated/α-hetero) is 1. The van der Waals surface area contributed by atoms with E-state index in [-0.39, 0.29) is 11.3 Å². The molecule has 1 saturated heterocycles. The number of nitrogens with zero attached hydrogens (tertiary/aromatic N) is 1. The molecule has 6 heteroatoms. The first-order chi connectivity index (χ1) is 14.6. The zero-order valence-electron chi connectivity index (χ0n) is 17.2. The van der Waals surface area contributed by atoms with E-state index in [9.17, 15) is 14.7 Å². The molecule has 2 heterocycles. The first-order valence-corrected chi connectivity index (χ1v) is 10.2. The standard InChI is InChI=1S/C24H25NO5/c1-3-12-25-21(17-8-4-5-9-19(17)29-2)20(23(27)24(25)28)22(26)16-10-11-18-15(14-16)7-6-13-30-18/h4-5,8-11,14,21,26H,3,6-7,12-13H2,1-2H3/b22-20+. The van der Waals surface area contributed by atoms with Crippen LogP contribution in [0.1, 0.15) is 42.5 Å². The van der Waals surface area contributed by atoms with Crippen molar-refractivity contribution in [3.05, 3.63) is 64.7 Å². The van der Waals surface area contributed by atoms with E-state index in [4.69, 9.17) is 9.47 Å². The van der Waals surface area contributed by atoms with Gasteiger partial charge in [-0.25, -0.2) is 0 Å². The van der Waals surface area contributed by atoms with Crippen LogP contribution in [0, 0.1) is 0 Å². The fourth-order valence-corrected chi connectivity index (χ4v) is 4.23. The van der Waals surface area contributed by atoms with Crippen molar-refractivity contribution in [2.24, 2.45) is 0 Å². The Morgan fingerprint density at radius 3 is 2.80 bits per heavy atom. The molecule has 1 N–H and O–H groups in total. The number of para-hydroxylation sites is 1. The fraction of sp³-hybridized carbons (Fsp3) is 0.333. The third kappa shape index (κ3) is 3.32. The molecule has 1 fully saturated rings. The molecule has 4 rings (SSSR count). The minimum Gasteiger partial charge on any atom is -0.507 e. The van der Waals surface area contributed by atoms with Gasteiger partial charge in [0.25, 0.3) is 11.7 Å². The highest BCUT2D eigenvalue weighted by Gasteiger charge is 2.46. The van der Waals surface area contributed by atoms with Crippen molar-refractivity contribution >= 4 is 17.4 Å². The van der Waals surface area contributed by atoms with Crippen LogP contribution in [0.5, 0.6) is 11.5 Å². The molecule has 1 amide bonds. The SMILES string of the molecule is CCCN1C(=O)C(=O)/C(=C(/O)c2ccc3c(c2)CCCO3)C1c1ccccc1OC. The summed E-state index contributed by atoms with van der Waals surface area (Å²) < 4.78 is 11.1. The Hall–Kier alpha value is -3.28. The van der Waals surface area contributed by atoms with Crippen molar-refractivity contribution in [1.82, 2.24) is 4.90 Å². The van der Waals surface area contributed by atoms with Gasteiger partial charge in [-0.2, -0.15) is 0 Å². The highest BCUT2D eigenvalue weighted by molar-refractivity contribution is 6.46. The van der Waals surface area contributed by atoms with Crippen LogP contribution in [0.2, 0.25) is 0 Å². The third-order valence-corrected chi connectivity index (χ3v) is 5.62. The van der Waals surface area contributed by atoms with E-state index in [0.717, 1.165) is 24.2 Å². The van der Waals surface area contributed by atoms with Gasteiger partial charge in [0.05, 0.1) is 25.3 Å². The molecule has 2 aromatic carbocycles. The fourth-order valence-electron chi connectivity index (χ4n) is 4.23. The van der Waals surface area contributed by atoms with Crippen molar-refractivity contribution < 1.29 is 24.2 Å². The molecule has 2 aromatic rings. The number of fused-ring (bicyclic) bond motifs is 1. The summed E-state index contributed by atoms with van der Waals surface area (Å²) in [6.07, 6.45) is 2.44. The van der Waals surface area contributed by atoms with Crippen LogP contribution >= 0.6 is 0 Å². The maximum atomic E-state index is 13.0. The maximum absolute atomic E-state index is 13.0. The number of rotatable bonds is 5. The van der Waals surface area contributed by atoms with Crippen LogP contribution in [0.15, 0.2) is 48.0 Å². The molecule has 0 spiro atoms. The van der Waals surface area contributed by atoms with E-state index in [1.165, 1.54) is 4.90 Å². The molecule has 0 aliphatic carbocycles. The summed E-state index contributed by atoms with van der Waals surface area (Å²) in [5.41, 5.74) is 2.26. The average Bonchev–Trinajstić information content (AvgIpc) is 3.03. The number of amides is 1. The topological polar surface area (TPSA) is 76.1 Å². The highest BCUT2D eigenvalue weighted by atomic mass is 16.5. The molecular formula is C24H25NO5. The maximum Gasteiger partial charge on any atom is 0.295 e. The lowest BCUT2D eigenvalue weighted by Gasteiger charge is -2.26. The number of ether oxygens (including phenoxy) is 2. The Morgan fingerprint density at radius 2 is 2.03 bits per heavy atom. The summed E-state index contributed by atoms with van der Waals surface area (Å²) in [7, 11) is 1.55. The number of likely N-dealkylation sites (tertiary alicyclic amines) is 1. The van der Waals surface area contributed by atoms with Crippen LogP contribution in [-0.4, -0.2) is 42.0 Å². The predicted molar refractivity (Wildman–Crippen MR) is 113 cm³/mol. The van der Waals surface area contributed by atoms with Gasteiger partial charge in [0, 0.05) is 17.7 Å². The summed E-state index contributed by atoms with van der Waals surface area (Å²) in [4.78, 5) is 27.4. The molecular weight excluding hydrogens is 382 g/mol. The molecule has 156 valence electrons. The first-order valence-electron chi connectivity index (χ1n) is 10.2. The van der Waals surface area contributed by atoms with Crippen LogP contribution in [0.25, 0.3) is 5.76 Å². The van der Waals surface area contributed by atoms with E-state index < -0.39 is 17.7 Å². The molecule has 0 saturated carbocycles. The smallest absolute Gasteiger partial charge is 0.295 e. The summed E-state index contributed by atoms with van der Waals surface area (Å²) >= 11 is 0. The van der Waals surface area contributed by atoms with Gasteiger partial charge in [0.15, 0.2) is 0 Å². The van der Waals surface area contributed by atoms with Crippen molar-refractivity contribution in [3.8, 4) is 11.5 Å². The number of aliphatic hydroxyl groups excluding tert-OH is 1. The van der Waals surface area contributed by atoms with Gasteiger partial charge in [-0.3, -0.25) is 9.59 Å². The molecule has 0 aromatic heterocycles. The van der Waals surface area contributed by atoms with Crippen molar-refractivity contribution in [1.29, 1.82) is 0 Å². The molecule has 0 radical (unpaired) electrons. The minimum atomic E-state index is -0.701. The van der Waals surface area contributed by atoms with Crippen LogP contribution in [0.3, 0.4) is 0 Å². The number of aliphatic hydroxyl groups is 1. The predicted octanol–water partition coefficient (Wildman–Crippen LogP) is 3.85. The van der Waals surface area contributed by atoms with Gasteiger partial charge < -0.3 is 19.5 Å². The zero-order valence-corrected chi connectivity index (χ0v) is 17.2. The van der Waals surface area contributed by atoms with Gasteiger partial charge in [0.1, 0.15) is 17.3 Å². The lowest BCUT2D eigenvalue weighted by molar-refractivity contribution is -0.139. The van der Waals surface area contributed by atoms with Gasteiger partial charge in [-0.15, -0.1) is 0 Å². The van der Waals surface area contributed by atoms with E-state index in [2.05, 4.69) is 0 Å². The van der Waals surface area contributed by atoms with E-state index >= 15 is 0 Å². The second-order valence-corrected chi connectivity index (χ2v) is 7.51. The van der Waals surface area contributed by atoms with Gasteiger partial charge in [0.2, 0.25) is 0 Å². The number of carbonyl (C=O) groups is 2. The Labute approximate surface area is 175 Å². The highest BCUT2D eigenvalue weighted by Crippen LogP contribution is 2.43. The molecule has 2 aliphatic rings. The van der Waals surface area contributed by atoms with Crippen LogP contribution < -0.4 is 9.47 Å². The summed E-state index contributed by atoms with van der Waals surface area (Å²) in [6, 6.07) is 12.0. The van der Waals surface area contributed by atoms with Crippen LogP contribution in [-0.2, 0) is 16.0 Å². The lowest BCUT2D eigenvalue weighted by Crippen LogP contribution is -2.30. The zero-order chi connectivity index (χ0) is 21.3. The average molecular weight is 407 g/mol. The van der Waals surface area contributed by atoms with E-state index in [1.807, 2.05) is 37.3 Å². The molecule has 1 atom stereocenters. The van der Waals surface area contributed by atoms with Gasteiger partial charge >= 0.3 is 0 Å². The van der Waals surface area contributed by atoms with Crippen molar-refractivity contribution in [2.75, 3.05) is 20.3 Å². The third-order valence-electron chi connectivity index (χ3n) is 5.62. The Kier molecular flexibility index (Phi) is 5.48. The second-order valence-electron chi connectivity index (χ2n) is 7.51. The van der Waals surface area contributed by atoms with Crippen LogP contribution in [0.4, 0.5) is 0 Å². The van der Waals surface area contributed by atoms with Gasteiger partial charge in [-0.1, -0.05) is 25.1 Å². The number of aryl methyl sites for hydroxylation is 1. The summed E-state index contributed by atoms with van der Waals surface area (Å²) in [5, 5.41) is 11.2. The molecule has 6 nitrogen and oxygen atoms in total. The number of ketones is 1. The number of hydrogen-bond acceptors (Lipinski definition) is 5. The minimum absolute atomic E-state index is 0.0922. The molecule has 1 unspecified atom stereocenters. The number of carbonyl (C=O) groups excluding carboxylic acids is 2. The summed E-state index contributed by atoms with van der Waals surface area (Å²) in [5.74, 6) is -0.0848. The van der Waals surface area contributed by atoms with E-state index in [0.29, 0.717) is 36.4 Å². The van der Waals surface area contributed by atoms with Crippen molar-refractivity contribution in [3.63, 3.8) is 0 Å². The number of benzene rings is 2. The quantitative estimate of drug-likeness (QED) is 0.463. The van der Waals surface area contributed by atoms with Crippen molar-refractivity contribution in [2.45, 2.75) is 32.2 Å². The normalized spacial score (nSPS) is 20.1. The second kappa shape index (κ2) is 8.22. The number of methoxy groups -OCH3 is 1. The monoisotopic (exact) mass is 407 g/mol. The largest absolute Gasteiger partial charge is 0.507 e. The van der Waals surface area contributed by atoms with E-state index in [1.54, 1.807) is 19.2 Å². The number of hydrogen-bond donors (Lipinski definition) is 1.